The van der Waals surface area contributed by atoms with Gasteiger partial charge in [0.1, 0.15) is 5.82 Å². The molecular weight excluding hydrogens is 219 g/mol. The second kappa shape index (κ2) is 6.38. The monoisotopic (exact) mass is 238 g/mol. The SMILES string of the molecule is CCCCOC(=O)c1ccc(C(C)C)cc1F. The summed E-state index contributed by atoms with van der Waals surface area (Å²) in [5.74, 6) is -0.835. The molecule has 2 nitrogen and oxygen atoms in total. The molecule has 1 rings (SSSR count). The molecule has 0 aliphatic heterocycles. The van der Waals surface area contributed by atoms with Crippen LogP contribution in [0.4, 0.5) is 4.39 Å². The van der Waals surface area contributed by atoms with Gasteiger partial charge in [-0.1, -0.05) is 33.3 Å². The average Bonchev–Trinajstić information content (AvgIpc) is 2.28. The minimum atomic E-state index is -0.578. The summed E-state index contributed by atoms with van der Waals surface area (Å²) in [6, 6.07) is 4.67. The van der Waals surface area contributed by atoms with E-state index in [0.717, 1.165) is 18.4 Å². The van der Waals surface area contributed by atoms with E-state index < -0.39 is 11.8 Å². The summed E-state index contributed by atoms with van der Waals surface area (Å²) in [6.45, 7) is 6.31. The van der Waals surface area contributed by atoms with Crippen LogP contribution in [0.25, 0.3) is 0 Å². The van der Waals surface area contributed by atoms with Gasteiger partial charge in [-0.05, 0) is 30.0 Å². The molecule has 0 aliphatic carbocycles. The van der Waals surface area contributed by atoms with Crippen LogP contribution in [0, 0.1) is 5.82 Å². The van der Waals surface area contributed by atoms with Crippen molar-refractivity contribution in [3.05, 3.63) is 35.1 Å². The minimum absolute atomic E-state index is 0.0190. The Hall–Kier alpha value is -1.38. The molecule has 1 aromatic carbocycles. The third kappa shape index (κ3) is 3.84. The van der Waals surface area contributed by atoms with Crippen molar-refractivity contribution in [2.45, 2.75) is 39.5 Å². The number of benzene rings is 1. The molecule has 0 amide bonds. The van der Waals surface area contributed by atoms with Crippen LogP contribution in [0.1, 0.15) is 55.5 Å². The van der Waals surface area contributed by atoms with Crippen molar-refractivity contribution in [1.82, 2.24) is 0 Å². The van der Waals surface area contributed by atoms with E-state index in [1.54, 1.807) is 6.07 Å². The number of hydrogen-bond donors (Lipinski definition) is 0. The van der Waals surface area contributed by atoms with Crippen LogP contribution >= 0.6 is 0 Å². The fourth-order valence-electron chi connectivity index (χ4n) is 1.44. The third-order valence-corrected chi connectivity index (χ3v) is 2.61. The zero-order chi connectivity index (χ0) is 12.8. The first kappa shape index (κ1) is 13.7. The predicted molar refractivity (Wildman–Crippen MR) is 65.7 cm³/mol. The molecular formula is C14H19FO2. The number of unbranched alkanes of at least 4 members (excludes halogenated alkanes) is 1. The van der Waals surface area contributed by atoms with Gasteiger partial charge in [-0.25, -0.2) is 9.18 Å². The number of rotatable bonds is 5. The third-order valence-electron chi connectivity index (χ3n) is 2.61. The van der Waals surface area contributed by atoms with E-state index in [-0.39, 0.29) is 11.5 Å². The topological polar surface area (TPSA) is 26.3 Å². The van der Waals surface area contributed by atoms with Crippen LogP contribution in [0.15, 0.2) is 18.2 Å². The Morgan fingerprint density at radius 1 is 1.41 bits per heavy atom. The lowest BCUT2D eigenvalue weighted by Crippen LogP contribution is -2.09. The quantitative estimate of drug-likeness (QED) is 0.574. The van der Waals surface area contributed by atoms with Gasteiger partial charge in [0.05, 0.1) is 12.2 Å². The maximum Gasteiger partial charge on any atom is 0.341 e. The lowest BCUT2D eigenvalue weighted by atomic mass is 10.0. The summed E-state index contributed by atoms with van der Waals surface area (Å²) in [4.78, 5) is 11.6. The maximum atomic E-state index is 13.7. The molecule has 1 aromatic rings. The smallest absolute Gasteiger partial charge is 0.341 e. The highest BCUT2D eigenvalue weighted by Gasteiger charge is 2.14. The van der Waals surface area contributed by atoms with Crippen LogP contribution in [-0.4, -0.2) is 12.6 Å². The molecule has 94 valence electrons. The molecule has 0 aliphatic rings. The number of hydrogen-bond acceptors (Lipinski definition) is 2. The van der Waals surface area contributed by atoms with Gasteiger partial charge in [0.2, 0.25) is 0 Å². The van der Waals surface area contributed by atoms with E-state index in [4.69, 9.17) is 4.74 Å². The molecule has 0 atom stereocenters. The predicted octanol–water partition coefficient (Wildman–Crippen LogP) is 3.91. The number of ether oxygens (including phenoxy) is 1. The standard InChI is InChI=1S/C14H19FO2/c1-4-5-8-17-14(16)12-7-6-11(10(2)3)9-13(12)15/h6-7,9-10H,4-5,8H2,1-3H3. The Balaban J connectivity index is 2.74. The van der Waals surface area contributed by atoms with E-state index in [1.165, 1.54) is 12.1 Å². The number of carbonyl (C=O) groups excluding carboxylic acids is 1. The van der Waals surface area contributed by atoms with Crippen LogP contribution in [0.2, 0.25) is 0 Å². The molecule has 0 fully saturated rings. The fourth-order valence-corrected chi connectivity index (χ4v) is 1.44. The van der Waals surface area contributed by atoms with Crippen LogP contribution in [0.3, 0.4) is 0 Å². The van der Waals surface area contributed by atoms with Gasteiger partial charge in [-0.15, -0.1) is 0 Å². The molecule has 17 heavy (non-hydrogen) atoms. The zero-order valence-corrected chi connectivity index (χ0v) is 10.6. The highest BCUT2D eigenvalue weighted by molar-refractivity contribution is 5.89. The second-order valence-corrected chi connectivity index (χ2v) is 4.38. The summed E-state index contributed by atoms with van der Waals surface area (Å²) in [5, 5.41) is 0. The first-order valence-electron chi connectivity index (χ1n) is 6.02. The second-order valence-electron chi connectivity index (χ2n) is 4.38. The van der Waals surface area contributed by atoms with Crippen LogP contribution in [-0.2, 0) is 4.74 Å². The van der Waals surface area contributed by atoms with Crippen molar-refractivity contribution in [2.24, 2.45) is 0 Å². The van der Waals surface area contributed by atoms with Crippen molar-refractivity contribution < 1.29 is 13.9 Å². The maximum absolute atomic E-state index is 13.7. The minimum Gasteiger partial charge on any atom is -0.462 e. The number of esters is 1. The number of halogens is 1. The lowest BCUT2D eigenvalue weighted by molar-refractivity contribution is 0.0494. The molecule has 0 bridgehead atoms. The first-order valence-corrected chi connectivity index (χ1v) is 6.02. The summed E-state index contributed by atoms with van der Waals surface area (Å²) in [5.41, 5.74) is 0.901. The Bertz CT molecular complexity index is 386. The van der Waals surface area contributed by atoms with Crippen molar-refractivity contribution in [3.63, 3.8) is 0 Å². The highest BCUT2D eigenvalue weighted by atomic mass is 19.1. The molecule has 0 N–H and O–H groups in total. The molecule has 0 saturated carbocycles. The highest BCUT2D eigenvalue weighted by Crippen LogP contribution is 2.18. The van der Waals surface area contributed by atoms with Gasteiger partial charge in [0, 0.05) is 0 Å². The van der Waals surface area contributed by atoms with Crippen molar-refractivity contribution in [1.29, 1.82) is 0 Å². The van der Waals surface area contributed by atoms with Crippen LogP contribution in [0.5, 0.6) is 0 Å². The number of carbonyl (C=O) groups is 1. The summed E-state index contributed by atoms with van der Waals surface area (Å²) < 4.78 is 18.6. The van der Waals surface area contributed by atoms with Gasteiger partial charge in [-0.2, -0.15) is 0 Å². The van der Waals surface area contributed by atoms with E-state index in [2.05, 4.69) is 0 Å². The summed E-state index contributed by atoms with van der Waals surface area (Å²) >= 11 is 0. The summed E-state index contributed by atoms with van der Waals surface area (Å²) in [7, 11) is 0. The Labute approximate surface area is 102 Å². The van der Waals surface area contributed by atoms with Gasteiger partial charge >= 0.3 is 5.97 Å². The molecule has 3 heteroatoms. The van der Waals surface area contributed by atoms with Crippen molar-refractivity contribution in [3.8, 4) is 0 Å². The largest absolute Gasteiger partial charge is 0.462 e. The van der Waals surface area contributed by atoms with Crippen LogP contribution < -0.4 is 0 Å². The first-order chi connectivity index (χ1) is 8.06. The Morgan fingerprint density at radius 3 is 2.65 bits per heavy atom. The van der Waals surface area contributed by atoms with Gasteiger partial charge < -0.3 is 4.74 Å². The van der Waals surface area contributed by atoms with Gasteiger partial charge in [0.15, 0.2) is 0 Å². The molecule has 0 spiro atoms. The summed E-state index contributed by atoms with van der Waals surface area (Å²) in [6.07, 6.45) is 1.75. The van der Waals surface area contributed by atoms with Gasteiger partial charge in [0.25, 0.3) is 0 Å². The molecule has 0 radical (unpaired) electrons. The van der Waals surface area contributed by atoms with E-state index in [1.807, 2.05) is 20.8 Å². The lowest BCUT2D eigenvalue weighted by Gasteiger charge is -2.08. The van der Waals surface area contributed by atoms with Crippen molar-refractivity contribution >= 4 is 5.97 Å². The normalized spacial score (nSPS) is 10.6. The van der Waals surface area contributed by atoms with Gasteiger partial charge in [-0.3, -0.25) is 0 Å². The van der Waals surface area contributed by atoms with E-state index in [0.29, 0.717) is 6.61 Å². The molecule has 0 heterocycles. The van der Waals surface area contributed by atoms with Crippen molar-refractivity contribution in [2.75, 3.05) is 6.61 Å². The molecule has 0 unspecified atom stereocenters. The Kier molecular flexibility index (Phi) is 5.13. The zero-order valence-electron chi connectivity index (χ0n) is 10.6. The Morgan fingerprint density at radius 2 is 2.12 bits per heavy atom. The fraction of sp³-hybridized carbons (Fsp3) is 0.500. The van der Waals surface area contributed by atoms with E-state index in [9.17, 15) is 9.18 Å². The molecule has 0 aromatic heterocycles. The molecule has 0 saturated heterocycles. The average molecular weight is 238 g/mol. The van der Waals surface area contributed by atoms with E-state index >= 15 is 0 Å².